The number of hydrogen-bond donors (Lipinski definition) is 0. The van der Waals surface area contributed by atoms with Gasteiger partial charge >= 0.3 is 5.76 Å². The lowest BCUT2D eigenvalue weighted by Crippen LogP contribution is -2.41. The molecule has 3 nitrogen and oxygen atoms in total. The second-order valence-electron chi connectivity index (χ2n) is 3.05. The maximum Gasteiger partial charge on any atom is 0.350 e. The summed E-state index contributed by atoms with van der Waals surface area (Å²) >= 11 is 3.12. The van der Waals surface area contributed by atoms with Gasteiger partial charge in [0.15, 0.2) is 0 Å². The average Bonchev–Trinajstić information content (AvgIpc) is 2.03. The molecule has 0 rings (SSSR count). The molecule has 0 aliphatic carbocycles. The van der Waals surface area contributed by atoms with Crippen LogP contribution in [-0.4, -0.2) is 36.4 Å². The van der Waals surface area contributed by atoms with Crippen molar-refractivity contribution in [1.82, 2.24) is 4.31 Å². The highest BCUT2D eigenvalue weighted by Gasteiger charge is 2.33. The van der Waals surface area contributed by atoms with Gasteiger partial charge < -0.3 is 0 Å². The third-order valence-electron chi connectivity index (χ3n) is 1.64. The smallest absolute Gasteiger partial charge is 0.206 e. The van der Waals surface area contributed by atoms with E-state index in [-0.39, 0.29) is 6.54 Å². The number of hydrogen-bond acceptors (Lipinski definition) is 2. The maximum atomic E-state index is 12.2. The molecule has 0 spiro atoms. The molecule has 0 saturated heterocycles. The zero-order valence-electron chi connectivity index (χ0n) is 8.08. The average molecular weight is 294 g/mol. The predicted octanol–water partition coefficient (Wildman–Crippen LogP) is 2.03. The van der Waals surface area contributed by atoms with E-state index in [2.05, 4.69) is 15.9 Å². The fourth-order valence-corrected chi connectivity index (χ4v) is 2.42. The minimum atomic E-state index is -4.43. The lowest BCUT2D eigenvalue weighted by atomic mass is 10.4. The van der Waals surface area contributed by atoms with Crippen LogP contribution in [0.25, 0.3) is 0 Å². The Morgan fingerprint density at radius 2 is 1.86 bits per heavy atom. The fourth-order valence-electron chi connectivity index (χ4n) is 0.997. The molecule has 0 unspecified atom stereocenters. The van der Waals surface area contributed by atoms with Gasteiger partial charge in [0.1, 0.15) is 0 Å². The first-order chi connectivity index (χ1) is 6.34. The molecular formula is C7H14BrF2NO2S. The van der Waals surface area contributed by atoms with Gasteiger partial charge in [0, 0.05) is 17.9 Å². The van der Waals surface area contributed by atoms with Gasteiger partial charge in [-0.25, -0.2) is 8.42 Å². The summed E-state index contributed by atoms with van der Waals surface area (Å²) in [6.07, 6.45) is 0.518. The largest absolute Gasteiger partial charge is 0.350 e. The molecule has 0 aliphatic rings. The molecule has 0 bridgehead atoms. The highest BCUT2D eigenvalue weighted by Crippen LogP contribution is 2.15. The Labute approximate surface area is 91.6 Å². The van der Waals surface area contributed by atoms with Crippen molar-refractivity contribution in [3.05, 3.63) is 0 Å². The van der Waals surface area contributed by atoms with Gasteiger partial charge in [-0.2, -0.15) is 13.1 Å². The summed E-state index contributed by atoms with van der Waals surface area (Å²) in [6.45, 7) is 3.28. The first kappa shape index (κ1) is 14.2. The van der Waals surface area contributed by atoms with E-state index in [1.165, 1.54) is 0 Å². The standard InChI is InChI=1S/C7H14BrF2NO2S/c1-6(2)11(5-3-4-8)14(12,13)7(9)10/h6-7H,3-5H2,1-2H3. The zero-order valence-corrected chi connectivity index (χ0v) is 10.5. The summed E-state index contributed by atoms with van der Waals surface area (Å²) in [6, 6.07) is -0.437. The van der Waals surface area contributed by atoms with E-state index in [0.717, 1.165) is 4.31 Å². The van der Waals surface area contributed by atoms with Crippen LogP contribution in [0, 0.1) is 0 Å². The van der Waals surface area contributed by atoms with E-state index < -0.39 is 21.8 Å². The molecule has 0 radical (unpaired) electrons. The van der Waals surface area contributed by atoms with E-state index in [0.29, 0.717) is 11.8 Å². The number of halogens is 3. The summed E-state index contributed by atoms with van der Waals surface area (Å²) < 4.78 is 47.5. The minimum Gasteiger partial charge on any atom is -0.206 e. The van der Waals surface area contributed by atoms with Crippen molar-refractivity contribution >= 4 is 26.0 Å². The van der Waals surface area contributed by atoms with Crippen LogP contribution in [-0.2, 0) is 10.0 Å². The summed E-state index contributed by atoms with van der Waals surface area (Å²) in [5, 5.41) is 0.592. The van der Waals surface area contributed by atoms with Crippen molar-refractivity contribution in [2.75, 3.05) is 11.9 Å². The van der Waals surface area contributed by atoms with Gasteiger partial charge in [0.25, 0.3) is 10.0 Å². The molecule has 86 valence electrons. The van der Waals surface area contributed by atoms with Crippen molar-refractivity contribution < 1.29 is 17.2 Å². The molecule has 0 saturated carbocycles. The second kappa shape index (κ2) is 5.97. The second-order valence-corrected chi connectivity index (χ2v) is 5.70. The van der Waals surface area contributed by atoms with E-state index in [1.807, 2.05) is 0 Å². The zero-order chi connectivity index (χ0) is 11.4. The molecule has 0 aromatic heterocycles. The predicted molar refractivity (Wildman–Crippen MR) is 55.2 cm³/mol. The van der Waals surface area contributed by atoms with Crippen molar-refractivity contribution in [3.8, 4) is 0 Å². The molecular weight excluding hydrogens is 280 g/mol. The molecule has 0 amide bonds. The molecule has 7 heteroatoms. The third kappa shape index (κ3) is 3.78. The van der Waals surface area contributed by atoms with Crippen LogP contribution in [0.4, 0.5) is 8.78 Å². The van der Waals surface area contributed by atoms with Crippen LogP contribution in [0.5, 0.6) is 0 Å². The topological polar surface area (TPSA) is 37.4 Å². The van der Waals surface area contributed by atoms with Crippen LogP contribution >= 0.6 is 15.9 Å². The van der Waals surface area contributed by atoms with Crippen molar-refractivity contribution in [3.63, 3.8) is 0 Å². The van der Waals surface area contributed by atoms with E-state index in [9.17, 15) is 17.2 Å². The lowest BCUT2D eigenvalue weighted by molar-refractivity contribution is 0.212. The number of rotatable bonds is 6. The van der Waals surface area contributed by atoms with Gasteiger partial charge in [-0.05, 0) is 20.3 Å². The molecule has 0 fully saturated rings. The van der Waals surface area contributed by atoms with Gasteiger partial charge in [-0.15, -0.1) is 0 Å². The molecule has 0 heterocycles. The van der Waals surface area contributed by atoms with Gasteiger partial charge in [-0.3, -0.25) is 0 Å². The highest BCUT2D eigenvalue weighted by molar-refractivity contribution is 9.09. The minimum absolute atomic E-state index is 0.121. The summed E-state index contributed by atoms with van der Waals surface area (Å²) in [5.74, 6) is -3.33. The first-order valence-electron chi connectivity index (χ1n) is 4.18. The first-order valence-corrected chi connectivity index (χ1v) is 6.81. The van der Waals surface area contributed by atoms with Crippen molar-refractivity contribution in [2.24, 2.45) is 0 Å². The molecule has 0 aromatic rings. The van der Waals surface area contributed by atoms with Crippen LogP contribution in [0.2, 0.25) is 0 Å². The van der Waals surface area contributed by atoms with E-state index in [1.54, 1.807) is 13.8 Å². The highest BCUT2D eigenvalue weighted by atomic mass is 79.9. The normalized spacial score (nSPS) is 13.1. The number of alkyl halides is 3. The molecule has 0 N–H and O–H groups in total. The Hall–Kier alpha value is 0.250. The van der Waals surface area contributed by atoms with E-state index in [4.69, 9.17) is 0 Å². The van der Waals surface area contributed by atoms with Crippen LogP contribution in [0.3, 0.4) is 0 Å². The third-order valence-corrected chi connectivity index (χ3v) is 3.91. The van der Waals surface area contributed by atoms with Gasteiger partial charge in [-0.1, -0.05) is 15.9 Å². The maximum absolute atomic E-state index is 12.2. The SMILES string of the molecule is CC(C)N(CCCBr)S(=O)(=O)C(F)F. The monoisotopic (exact) mass is 293 g/mol. The number of nitrogens with zero attached hydrogens (tertiary/aromatic N) is 1. The molecule has 14 heavy (non-hydrogen) atoms. The summed E-state index contributed by atoms with van der Waals surface area (Å²) in [7, 11) is -4.43. The fraction of sp³-hybridized carbons (Fsp3) is 1.00. The Morgan fingerprint density at radius 1 is 1.36 bits per heavy atom. The Bertz CT molecular complexity index is 256. The summed E-state index contributed by atoms with van der Waals surface area (Å²) in [4.78, 5) is 0. The summed E-state index contributed by atoms with van der Waals surface area (Å²) in [5.41, 5.74) is 0. The lowest BCUT2D eigenvalue weighted by Gasteiger charge is -2.24. The van der Waals surface area contributed by atoms with Gasteiger partial charge in [0.2, 0.25) is 0 Å². The van der Waals surface area contributed by atoms with Crippen LogP contribution < -0.4 is 0 Å². The Balaban J connectivity index is 4.65. The molecule has 0 atom stereocenters. The number of sulfonamides is 1. The molecule has 0 aliphatic heterocycles. The molecule has 0 aromatic carbocycles. The van der Waals surface area contributed by atoms with Crippen LogP contribution in [0.15, 0.2) is 0 Å². The van der Waals surface area contributed by atoms with E-state index >= 15 is 0 Å². The van der Waals surface area contributed by atoms with Crippen molar-refractivity contribution in [1.29, 1.82) is 0 Å². The Kier molecular flexibility index (Phi) is 6.08. The Morgan fingerprint density at radius 3 is 2.14 bits per heavy atom. The van der Waals surface area contributed by atoms with Gasteiger partial charge in [0.05, 0.1) is 0 Å². The quantitative estimate of drug-likeness (QED) is 0.703. The van der Waals surface area contributed by atoms with Crippen LogP contribution in [0.1, 0.15) is 20.3 Å². The van der Waals surface area contributed by atoms with Crippen molar-refractivity contribution in [2.45, 2.75) is 32.1 Å².